The molecular formula is C18H25N5O2. The van der Waals surface area contributed by atoms with Gasteiger partial charge in [0.1, 0.15) is 5.69 Å². The van der Waals surface area contributed by atoms with Gasteiger partial charge in [-0.1, -0.05) is 31.8 Å². The van der Waals surface area contributed by atoms with Crippen molar-refractivity contribution in [1.29, 1.82) is 0 Å². The van der Waals surface area contributed by atoms with Crippen molar-refractivity contribution >= 4 is 5.91 Å². The molecule has 7 heteroatoms. The lowest BCUT2D eigenvalue weighted by Crippen LogP contribution is -2.31. The van der Waals surface area contributed by atoms with E-state index in [0.29, 0.717) is 24.0 Å². The van der Waals surface area contributed by atoms with Crippen LogP contribution in [0.1, 0.15) is 67.7 Å². The second kappa shape index (κ2) is 6.28. The topological polar surface area (TPSA) is 87.9 Å². The minimum absolute atomic E-state index is 0.0113. The van der Waals surface area contributed by atoms with Crippen LogP contribution in [0.4, 0.5) is 0 Å². The van der Waals surface area contributed by atoms with Crippen LogP contribution in [0.2, 0.25) is 0 Å². The van der Waals surface area contributed by atoms with Gasteiger partial charge in [0.15, 0.2) is 5.82 Å². The molecule has 2 aromatic heterocycles. The van der Waals surface area contributed by atoms with Crippen molar-refractivity contribution in [3.8, 4) is 0 Å². The molecule has 7 nitrogen and oxygen atoms in total. The maximum atomic E-state index is 12.8. The summed E-state index contributed by atoms with van der Waals surface area (Å²) < 4.78 is 5.48. The number of aromatic nitrogens is 4. The highest BCUT2D eigenvalue weighted by molar-refractivity contribution is 5.92. The van der Waals surface area contributed by atoms with Crippen LogP contribution in [0, 0.1) is 11.3 Å². The Hall–Kier alpha value is -2.18. The molecule has 1 amide bonds. The molecule has 1 unspecified atom stereocenters. The second-order valence-electron chi connectivity index (χ2n) is 7.92. The number of aromatic amines is 1. The number of amides is 1. The normalized spacial score (nSPS) is 22.4. The van der Waals surface area contributed by atoms with Crippen molar-refractivity contribution in [3.63, 3.8) is 0 Å². The molecule has 0 radical (unpaired) electrons. The Labute approximate surface area is 147 Å². The lowest BCUT2D eigenvalue weighted by molar-refractivity contribution is 0.0767. The van der Waals surface area contributed by atoms with Gasteiger partial charge in [-0.2, -0.15) is 10.1 Å². The summed E-state index contributed by atoms with van der Waals surface area (Å²) in [4.78, 5) is 19.4. The summed E-state index contributed by atoms with van der Waals surface area (Å²) in [5.74, 6) is 2.13. The van der Waals surface area contributed by atoms with Gasteiger partial charge in [0, 0.05) is 31.6 Å². The highest BCUT2D eigenvalue weighted by Crippen LogP contribution is 2.52. The lowest BCUT2D eigenvalue weighted by atomic mass is 9.76. The molecule has 3 heterocycles. The number of nitrogens with one attached hydrogen (secondary N) is 1. The molecule has 4 rings (SSSR count). The van der Waals surface area contributed by atoms with Gasteiger partial charge in [0.05, 0.1) is 0 Å². The van der Waals surface area contributed by atoms with Crippen LogP contribution < -0.4 is 0 Å². The molecule has 1 saturated heterocycles. The molecular weight excluding hydrogens is 318 g/mol. The molecule has 1 N–H and O–H groups in total. The standard InChI is InChI=1S/C18H25N5O2/c1-12(2)9-15-20-16(22-25-15)13-10-23(11-18(13)6-3-4-7-18)17(24)14-5-8-19-21-14/h5,8,12-13H,3-4,6-7,9-11H2,1-2H3,(H,19,21). The maximum Gasteiger partial charge on any atom is 0.271 e. The van der Waals surface area contributed by atoms with Crippen LogP contribution in [0.25, 0.3) is 0 Å². The van der Waals surface area contributed by atoms with Crippen molar-refractivity contribution in [1.82, 2.24) is 25.2 Å². The second-order valence-corrected chi connectivity index (χ2v) is 7.92. The van der Waals surface area contributed by atoms with E-state index in [1.54, 1.807) is 12.3 Å². The Morgan fingerprint density at radius 3 is 2.92 bits per heavy atom. The summed E-state index contributed by atoms with van der Waals surface area (Å²) in [7, 11) is 0. The largest absolute Gasteiger partial charge is 0.339 e. The van der Waals surface area contributed by atoms with Gasteiger partial charge >= 0.3 is 0 Å². The molecule has 0 bridgehead atoms. The highest BCUT2D eigenvalue weighted by atomic mass is 16.5. The van der Waals surface area contributed by atoms with Crippen molar-refractivity contribution in [3.05, 3.63) is 29.7 Å². The molecule has 1 atom stereocenters. The first kappa shape index (κ1) is 16.3. The predicted molar refractivity (Wildman–Crippen MR) is 91.0 cm³/mol. The molecule has 25 heavy (non-hydrogen) atoms. The van der Waals surface area contributed by atoms with Gasteiger partial charge in [0.2, 0.25) is 5.89 Å². The molecule has 2 aliphatic rings. The number of rotatable bonds is 4. The first-order valence-corrected chi connectivity index (χ1v) is 9.18. The van der Waals surface area contributed by atoms with Crippen LogP contribution >= 0.6 is 0 Å². The third kappa shape index (κ3) is 2.96. The Morgan fingerprint density at radius 1 is 1.44 bits per heavy atom. The molecule has 134 valence electrons. The summed E-state index contributed by atoms with van der Waals surface area (Å²) in [6.45, 7) is 5.70. The van der Waals surface area contributed by atoms with Crippen molar-refractivity contribution in [2.24, 2.45) is 11.3 Å². The van der Waals surface area contributed by atoms with Gasteiger partial charge in [-0.25, -0.2) is 0 Å². The molecule has 1 spiro atoms. The number of nitrogens with zero attached hydrogens (tertiary/aromatic N) is 4. The molecule has 1 aliphatic carbocycles. The van der Waals surface area contributed by atoms with Crippen LogP contribution in [-0.2, 0) is 6.42 Å². The summed E-state index contributed by atoms with van der Waals surface area (Å²) in [6.07, 6.45) is 7.07. The van der Waals surface area contributed by atoms with Gasteiger partial charge < -0.3 is 9.42 Å². The maximum absolute atomic E-state index is 12.8. The van der Waals surface area contributed by atoms with E-state index in [2.05, 4.69) is 34.2 Å². The third-order valence-corrected chi connectivity index (χ3v) is 5.64. The fourth-order valence-electron chi connectivity index (χ4n) is 4.45. The van der Waals surface area contributed by atoms with Gasteiger partial charge in [-0.3, -0.25) is 9.89 Å². The number of hydrogen-bond donors (Lipinski definition) is 1. The Morgan fingerprint density at radius 2 is 2.24 bits per heavy atom. The fourth-order valence-corrected chi connectivity index (χ4v) is 4.45. The molecule has 1 saturated carbocycles. The van der Waals surface area contributed by atoms with E-state index >= 15 is 0 Å². The molecule has 2 aromatic rings. The molecule has 2 fully saturated rings. The van der Waals surface area contributed by atoms with Gasteiger partial charge in [-0.05, 0) is 30.2 Å². The van der Waals surface area contributed by atoms with E-state index in [-0.39, 0.29) is 17.2 Å². The quantitative estimate of drug-likeness (QED) is 0.922. The summed E-state index contributed by atoms with van der Waals surface area (Å²) in [6, 6.07) is 1.73. The van der Waals surface area contributed by atoms with E-state index in [4.69, 9.17) is 4.52 Å². The zero-order chi connectivity index (χ0) is 17.4. The average molecular weight is 343 g/mol. The Bertz CT molecular complexity index is 730. The van der Waals surface area contributed by atoms with Crippen molar-refractivity contribution < 1.29 is 9.32 Å². The minimum Gasteiger partial charge on any atom is -0.339 e. The van der Waals surface area contributed by atoms with E-state index < -0.39 is 0 Å². The lowest BCUT2D eigenvalue weighted by Gasteiger charge is -2.27. The van der Waals surface area contributed by atoms with Crippen LogP contribution in [-0.4, -0.2) is 44.2 Å². The van der Waals surface area contributed by atoms with Crippen molar-refractivity contribution in [2.75, 3.05) is 13.1 Å². The summed E-state index contributed by atoms with van der Waals surface area (Å²) in [5, 5.41) is 11.0. The number of H-pyrrole nitrogens is 1. The fraction of sp³-hybridized carbons (Fsp3) is 0.667. The number of hydrogen-bond acceptors (Lipinski definition) is 5. The SMILES string of the molecule is CC(C)Cc1nc(C2CN(C(=O)c3ccn[nH]3)CC23CCCC3)no1. The van der Waals surface area contributed by atoms with E-state index in [1.807, 2.05) is 4.90 Å². The summed E-state index contributed by atoms with van der Waals surface area (Å²) in [5.41, 5.74) is 0.636. The van der Waals surface area contributed by atoms with E-state index in [0.717, 1.165) is 31.6 Å². The number of likely N-dealkylation sites (tertiary alicyclic amines) is 1. The van der Waals surface area contributed by atoms with Gasteiger partial charge in [-0.15, -0.1) is 0 Å². The van der Waals surface area contributed by atoms with E-state index in [9.17, 15) is 4.79 Å². The first-order chi connectivity index (χ1) is 12.1. The first-order valence-electron chi connectivity index (χ1n) is 9.18. The monoisotopic (exact) mass is 343 g/mol. The Balaban J connectivity index is 1.59. The minimum atomic E-state index is 0.0113. The predicted octanol–water partition coefficient (Wildman–Crippen LogP) is 2.79. The number of carbonyl (C=O) groups is 1. The van der Waals surface area contributed by atoms with E-state index in [1.165, 1.54) is 12.8 Å². The van der Waals surface area contributed by atoms with Crippen molar-refractivity contribution in [2.45, 2.75) is 51.9 Å². The molecule has 1 aliphatic heterocycles. The van der Waals surface area contributed by atoms with Crippen LogP contribution in [0.5, 0.6) is 0 Å². The highest BCUT2D eigenvalue weighted by Gasteiger charge is 2.51. The molecule has 0 aromatic carbocycles. The van der Waals surface area contributed by atoms with Gasteiger partial charge in [0.25, 0.3) is 5.91 Å². The average Bonchev–Trinajstić information content (AvgIpc) is 3.34. The summed E-state index contributed by atoms with van der Waals surface area (Å²) >= 11 is 0. The Kier molecular flexibility index (Phi) is 4.09. The zero-order valence-electron chi connectivity index (χ0n) is 14.9. The van der Waals surface area contributed by atoms with Crippen LogP contribution in [0.3, 0.4) is 0 Å². The zero-order valence-corrected chi connectivity index (χ0v) is 14.9. The number of carbonyl (C=O) groups excluding carboxylic acids is 1. The smallest absolute Gasteiger partial charge is 0.271 e. The van der Waals surface area contributed by atoms with Crippen LogP contribution in [0.15, 0.2) is 16.8 Å². The third-order valence-electron chi connectivity index (χ3n) is 5.64.